The molecule has 1 fully saturated rings. The largest absolute Gasteiger partial charge is 0.489 e. The number of rotatable bonds is 11. The number of benzene rings is 2. The molecule has 37 heavy (non-hydrogen) atoms. The van der Waals surface area contributed by atoms with Crippen LogP contribution >= 0.6 is 11.6 Å². The number of hydrogen-bond donors (Lipinski definition) is 0. The van der Waals surface area contributed by atoms with E-state index in [9.17, 15) is 13.2 Å². The third-order valence-corrected chi connectivity index (χ3v) is 7.94. The van der Waals surface area contributed by atoms with Crippen molar-refractivity contribution in [2.24, 2.45) is 0 Å². The van der Waals surface area contributed by atoms with Crippen LogP contribution in [0.3, 0.4) is 0 Å². The van der Waals surface area contributed by atoms with Gasteiger partial charge in [0.2, 0.25) is 10.0 Å². The molecule has 1 heterocycles. The van der Waals surface area contributed by atoms with E-state index in [4.69, 9.17) is 26.3 Å². The van der Waals surface area contributed by atoms with Gasteiger partial charge in [-0.25, -0.2) is 8.42 Å². The molecule has 0 aromatic heterocycles. The van der Waals surface area contributed by atoms with E-state index in [-0.39, 0.29) is 24.3 Å². The Balaban J connectivity index is 1.82. The summed E-state index contributed by atoms with van der Waals surface area (Å²) in [6, 6.07) is 13.8. The van der Waals surface area contributed by atoms with Gasteiger partial charge in [-0.3, -0.25) is 9.10 Å². The van der Waals surface area contributed by atoms with E-state index in [2.05, 4.69) is 17.9 Å². The lowest BCUT2D eigenvalue weighted by molar-refractivity contribution is -0.139. The van der Waals surface area contributed by atoms with E-state index in [1.807, 2.05) is 6.07 Å². The summed E-state index contributed by atoms with van der Waals surface area (Å²) in [7, 11) is -4.08. The SMILES string of the molecule is CCOC(=O)CS(=O)(=O)N(C/C=C/c1cccc(C#N)c1)c1ccc(OC2CCN(CC)CC2)c(Cl)c1. The minimum atomic E-state index is -4.08. The van der Waals surface area contributed by atoms with E-state index in [0.717, 1.165) is 42.3 Å². The van der Waals surface area contributed by atoms with Gasteiger partial charge in [0.15, 0.2) is 5.75 Å². The maximum Gasteiger partial charge on any atom is 0.323 e. The fourth-order valence-corrected chi connectivity index (χ4v) is 5.57. The fourth-order valence-electron chi connectivity index (χ4n) is 4.07. The Morgan fingerprint density at radius 1 is 1.22 bits per heavy atom. The number of likely N-dealkylation sites (tertiary alicyclic amines) is 1. The number of halogens is 1. The molecule has 1 aliphatic heterocycles. The summed E-state index contributed by atoms with van der Waals surface area (Å²) in [6.07, 6.45) is 5.20. The average molecular weight is 546 g/mol. The van der Waals surface area contributed by atoms with E-state index < -0.39 is 21.7 Å². The van der Waals surface area contributed by atoms with Gasteiger partial charge < -0.3 is 14.4 Å². The zero-order chi connectivity index (χ0) is 26.8. The lowest BCUT2D eigenvalue weighted by atomic mass is 10.1. The van der Waals surface area contributed by atoms with Crippen molar-refractivity contribution in [1.29, 1.82) is 5.26 Å². The Bertz CT molecular complexity index is 1250. The first kappa shape index (κ1) is 28.5. The van der Waals surface area contributed by atoms with E-state index >= 15 is 0 Å². The summed E-state index contributed by atoms with van der Waals surface area (Å²) in [5.41, 5.74) is 1.55. The highest BCUT2D eigenvalue weighted by Crippen LogP contribution is 2.32. The molecule has 2 aromatic carbocycles. The highest BCUT2D eigenvalue weighted by Gasteiger charge is 2.27. The van der Waals surface area contributed by atoms with Crippen LogP contribution in [-0.2, 0) is 19.6 Å². The highest BCUT2D eigenvalue weighted by molar-refractivity contribution is 7.93. The van der Waals surface area contributed by atoms with Crippen LogP contribution < -0.4 is 9.04 Å². The van der Waals surface area contributed by atoms with Gasteiger partial charge in [0.05, 0.1) is 35.5 Å². The summed E-state index contributed by atoms with van der Waals surface area (Å²) in [6.45, 7) is 6.71. The van der Waals surface area contributed by atoms with Crippen molar-refractivity contribution >= 4 is 39.4 Å². The molecular weight excluding hydrogens is 514 g/mol. The Hall–Kier alpha value is -3.06. The van der Waals surface area contributed by atoms with Crippen LogP contribution in [0, 0.1) is 11.3 Å². The van der Waals surface area contributed by atoms with Crippen LogP contribution in [-0.4, -0.2) is 63.9 Å². The topological polar surface area (TPSA) is 99.9 Å². The zero-order valence-corrected chi connectivity index (χ0v) is 22.7. The summed E-state index contributed by atoms with van der Waals surface area (Å²) < 4.78 is 38.5. The van der Waals surface area contributed by atoms with Crippen molar-refractivity contribution in [2.45, 2.75) is 32.8 Å². The maximum atomic E-state index is 13.2. The first-order chi connectivity index (χ1) is 17.7. The number of carbonyl (C=O) groups is 1. The lowest BCUT2D eigenvalue weighted by Crippen LogP contribution is -2.38. The third-order valence-electron chi connectivity index (χ3n) is 6.02. The van der Waals surface area contributed by atoms with Crippen LogP contribution in [0.15, 0.2) is 48.5 Å². The van der Waals surface area contributed by atoms with Crippen molar-refractivity contribution in [2.75, 3.05) is 42.8 Å². The van der Waals surface area contributed by atoms with Gasteiger partial charge >= 0.3 is 5.97 Å². The summed E-state index contributed by atoms with van der Waals surface area (Å²) in [5, 5.41) is 9.39. The van der Waals surface area contributed by atoms with Gasteiger partial charge in [0, 0.05) is 13.1 Å². The number of nitrogens with zero attached hydrogens (tertiary/aromatic N) is 3. The second-order valence-corrected chi connectivity index (χ2v) is 10.9. The molecule has 0 atom stereocenters. The predicted octanol–water partition coefficient (Wildman–Crippen LogP) is 4.49. The monoisotopic (exact) mass is 545 g/mol. The number of ether oxygens (including phenoxy) is 2. The molecule has 0 amide bonds. The summed E-state index contributed by atoms with van der Waals surface area (Å²) in [4.78, 5) is 14.4. The van der Waals surface area contributed by atoms with Gasteiger partial charge in [0.25, 0.3) is 0 Å². The molecule has 0 saturated carbocycles. The van der Waals surface area contributed by atoms with Crippen molar-refractivity contribution in [3.05, 3.63) is 64.7 Å². The maximum absolute atomic E-state index is 13.2. The Morgan fingerprint density at radius 3 is 2.62 bits per heavy atom. The number of hydrogen-bond acceptors (Lipinski definition) is 7. The molecular formula is C27H32ClN3O5S. The number of esters is 1. The van der Waals surface area contributed by atoms with Crippen molar-refractivity contribution in [1.82, 2.24) is 4.90 Å². The van der Waals surface area contributed by atoms with Crippen LogP contribution in [0.25, 0.3) is 6.08 Å². The molecule has 8 nitrogen and oxygen atoms in total. The van der Waals surface area contributed by atoms with E-state index in [1.165, 1.54) is 6.07 Å². The van der Waals surface area contributed by atoms with Crippen LogP contribution in [0.1, 0.15) is 37.8 Å². The first-order valence-corrected chi connectivity index (χ1v) is 14.3. The number of carbonyl (C=O) groups excluding carboxylic acids is 1. The van der Waals surface area contributed by atoms with E-state index in [0.29, 0.717) is 17.0 Å². The molecule has 0 unspecified atom stereocenters. The smallest absolute Gasteiger partial charge is 0.323 e. The third kappa shape index (κ3) is 8.22. The fraction of sp³-hybridized carbons (Fsp3) is 0.407. The van der Waals surface area contributed by atoms with Crippen LogP contribution in [0.4, 0.5) is 5.69 Å². The Kier molecular flexibility index (Phi) is 10.4. The molecule has 0 radical (unpaired) electrons. The first-order valence-electron chi connectivity index (χ1n) is 12.3. The second kappa shape index (κ2) is 13.5. The van der Waals surface area contributed by atoms with Crippen LogP contribution in [0.5, 0.6) is 5.75 Å². The molecule has 0 aliphatic carbocycles. The summed E-state index contributed by atoms with van der Waals surface area (Å²) >= 11 is 6.52. The van der Waals surface area contributed by atoms with Crippen molar-refractivity contribution < 1.29 is 22.7 Å². The number of sulfonamides is 1. The molecule has 10 heteroatoms. The quantitative estimate of drug-likeness (QED) is 0.383. The molecule has 0 spiro atoms. The zero-order valence-electron chi connectivity index (χ0n) is 21.1. The van der Waals surface area contributed by atoms with Gasteiger partial charge in [-0.15, -0.1) is 0 Å². The van der Waals surface area contributed by atoms with E-state index in [1.54, 1.807) is 49.4 Å². The van der Waals surface area contributed by atoms with Gasteiger partial charge in [-0.2, -0.15) is 5.26 Å². The molecule has 0 N–H and O–H groups in total. The highest BCUT2D eigenvalue weighted by atomic mass is 35.5. The minimum Gasteiger partial charge on any atom is -0.489 e. The predicted molar refractivity (Wildman–Crippen MR) is 145 cm³/mol. The minimum absolute atomic E-state index is 0.0434. The molecule has 2 aromatic rings. The van der Waals surface area contributed by atoms with Crippen LogP contribution in [0.2, 0.25) is 5.02 Å². The normalized spacial score (nSPS) is 14.9. The van der Waals surface area contributed by atoms with Gasteiger partial charge in [-0.05, 0) is 62.2 Å². The van der Waals surface area contributed by atoms with Gasteiger partial charge in [0.1, 0.15) is 11.9 Å². The number of nitriles is 1. The lowest BCUT2D eigenvalue weighted by Gasteiger charge is -2.31. The Labute approximate surface area is 224 Å². The molecule has 3 rings (SSSR count). The standard InChI is InChI=1S/C27H32ClN3O5S/c1-3-30-15-12-24(13-16-30)36-26-11-10-23(18-25(26)28)31(37(33,34)20-27(32)35-4-2)14-6-9-21-7-5-8-22(17-21)19-29/h5-11,17-18,24H,3-4,12-16,20H2,1-2H3/b9-6+. The van der Waals surface area contributed by atoms with Gasteiger partial charge in [-0.1, -0.05) is 42.8 Å². The Morgan fingerprint density at radius 2 is 1.97 bits per heavy atom. The molecule has 198 valence electrons. The second-order valence-electron chi connectivity index (χ2n) is 8.60. The van der Waals surface area contributed by atoms with Crippen molar-refractivity contribution in [3.8, 4) is 11.8 Å². The molecule has 0 bridgehead atoms. The van der Waals surface area contributed by atoms with Crippen molar-refractivity contribution in [3.63, 3.8) is 0 Å². The molecule has 1 aliphatic rings. The summed E-state index contributed by atoms with van der Waals surface area (Å²) in [5.74, 6) is -1.14. The number of piperidine rings is 1. The molecule has 1 saturated heterocycles. The number of anilines is 1. The average Bonchev–Trinajstić information content (AvgIpc) is 2.88.